The standard InChI is InChI=1S/C43H83NO3/c1-3-5-7-9-11-13-15-17-18-19-20-21-22-23-24-25-27-28-30-32-34-36-38-42(46)41(40-45)44-43(47)39-37-35-33-31-29-26-16-14-12-10-8-6-4-2/h8,10,14,16,41-42,45-46H,3-7,9,11-13,15,17-40H2,1-2H3,(H,44,47)/b10-8-,16-14-. The molecule has 278 valence electrons. The first-order valence-electron chi connectivity index (χ1n) is 21.0. The maximum atomic E-state index is 12.3. The van der Waals surface area contributed by atoms with Crippen LogP contribution in [0, 0.1) is 0 Å². The van der Waals surface area contributed by atoms with Gasteiger partial charge in [0.1, 0.15) is 0 Å². The number of nitrogens with one attached hydrogen (secondary N) is 1. The van der Waals surface area contributed by atoms with Crippen LogP contribution in [-0.2, 0) is 4.79 Å². The second kappa shape index (κ2) is 39.3. The quantitative estimate of drug-likeness (QED) is 0.0455. The fraction of sp³-hybridized carbons (Fsp3) is 0.884. The number of aliphatic hydroxyl groups excluding tert-OH is 2. The summed E-state index contributed by atoms with van der Waals surface area (Å²) >= 11 is 0. The smallest absolute Gasteiger partial charge is 0.220 e. The van der Waals surface area contributed by atoms with E-state index in [-0.39, 0.29) is 12.5 Å². The molecule has 0 fully saturated rings. The molecule has 1 amide bonds. The van der Waals surface area contributed by atoms with Crippen LogP contribution >= 0.6 is 0 Å². The van der Waals surface area contributed by atoms with Crippen molar-refractivity contribution in [2.45, 2.75) is 238 Å². The molecule has 0 aliphatic carbocycles. The van der Waals surface area contributed by atoms with Gasteiger partial charge in [0, 0.05) is 6.42 Å². The summed E-state index contributed by atoms with van der Waals surface area (Å²) in [6.07, 6.45) is 49.7. The van der Waals surface area contributed by atoms with E-state index in [1.54, 1.807) is 0 Å². The zero-order valence-corrected chi connectivity index (χ0v) is 31.8. The number of aliphatic hydroxyl groups is 2. The Kier molecular flexibility index (Phi) is 38.4. The lowest BCUT2D eigenvalue weighted by atomic mass is 10.0. The largest absolute Gasteiger partial charge is 0.394 e. The van der Waals surface area contributed by atoms with Crippen molar-refractivity contribution in [1.29, 1.82) is 0 Å². The molecule has 0 saturated heterocycles. The van der Waals surface area contributed by atoms with Crippen LogP contribution in [0.2, 0.25) is 0 Å². The fourth-order valence-corrected chi connectivity index (χ4v) is 6.46. The van der Waals surface area contributed by atoms with E-state index in [4.69, 9.17) is 0 Å². The normalized spacial score (nSPS) is 13.2. The van der Waals surface area contributed by atoms with E-state index in [2.05, 4.69) is 43.5 Å². The van der Waals surface area contributed by atoms with Gasteiger partial charge in [-0.3, -0.25) is 4.79 Å². The predicted octanol–water partition coefficient (Wildman–Crippen LogP) is 12.8. The lowest BCUT2D eigenvalue weighted by molar-refractivity contribution is -0.123. The third-order valence-electron chi connectivity index (χ3n) is 9.70. The van der Waals surface area contributed by atoms with Crippen molar-refractivity contribution < 1.29 is 15.0 Å². The molecule has 0 aliphatic heterocycles. The Morgan fingerprint density at radius 2 is 0.915 bits per heavy atom. The summed E-state index contributed by atoms with van der Waals surface area (Å²) in [5.74, 6) is -0.0451. The van der Waals surface area contributed by atoms with Gasteiger partial charge in [0.15, 0.2) is 0 Å². The molecule has 0 rings (SSSR count). The van der Waals surface area contributed by atoms with Crippen LogP contribution in [-0.4, -0.2) is 34.9 Å². The Labute approximate surface area is 294 Å². The van der Waals surface area contributed by atoms with E-state index in [1.165, 1.54) is 154 Å². The minimum atomic E-state index is -0.663. The zero-order valence-electron chi connectivity index (χ0n) is 31.8. The lowest BCUT2D eigenvalue weighted by Crippen LogP contribution is -2.45. The second-order valence-corrected chi connectivity index (χ2v) is 14.4. The lowest BCUT2D eigenvalue weighted by Gasteiger charge is -2.22. The van der Waals surface area contributed by atoms with E-state index >= 15 is 0 Å². The molecule has 0 aliphatic rings. The Balaban J connectivity index is 3.49. The van der Waals surface area contributed by atoms with Crippen LogP contribution in [0.4, 0.5) is 0 Å². The van der Waals surface area contributed by atoms with Gasteiger partial charge in [-0.15, -0.1) is 0 Å². The summed E-state index contributed by atoms with van der Waals surface area (Å²) in [5.41, 5.74) is 0. The van der Waals surface area contributed by atoms with E-state index in [9.17, 15) is 15.0 Å². The van der Waals surface area contributed by atoms with Gasteiger partial charge in [0.2, 0.25) is 5.91 Å². The van der Waals surface area contributed by atoms with Gasteiger partial charge in [-0.05, 0) is 38.5 Å². The van der Waals surface area contributed by atoms with Crippen LogP contribution in [0.25, 0.3) is 0 Å². The van der Waals surface area contributed by atoms with Gasteiger partial charge < -0.3 is 15.5 Å². The van der Waals surface area contributed by atoms with E-state index in [0.717, 1.165) is 44.9 Å². The highest BCUT2D eigenvalue weighted by atomic mass is 16.3. The number of unbranched alkanes of at least 4 members (excludes halogenated alkanes) is 27. The number of carbonyl (C=O) groups excluding carboxylic acids is 1. The predicted molar refractivity (Wildman–Crippen MR) is 207 cm³/mol. The molecule has 47 heavy (non-hydrogen) atoms. The van der Waals surface area contributed by atoms with Gasteiger partial charge in [-0.25, -0.2) is 0 Å². The van der Waals surface area contributed by atoms with Gasteiger partial charge in [-0.2, -0.15) is 0 Å². The average molecular weight is 662 g/mol. The number of amides is 1. The van der Waals surface area contributed by atoms with Gasteiger partial charge in [0.05, 0.1) is 18.8 Å². The van der Waals surface area contributed by atoms with Gasteiger partial charge >= 0.3 is 0 Å². The van der Waals surface area contributed by atoms with Crippen molar-refractivity contribution >= 4 is 5.91 Å². The van der Waals surface area contributed by atoms with Gasteiger partial charge in [0.25, 0.3) is 0 Å². The van der Waals surface area contributed by atoms with Crippen LogP contribution in [0.1, 0.15) is 226 Å². The molecule has 3 N–H and O–H groups in total. The maximum Gasteiger partial charge on any atom is 0.220 e. The van der Waals surface area contributed by atoms with E-state index in [1.807, 2.05) is 0 Å². The monoisotopic (exact) mass is 662 g/mol. The maximum absolute atomic E-state index is 12.3. The molecule has 0 spiro atoms. The number of hydrogen-bond acceptors (Lipinski definition) is 3. The Morgan fingerprint density at radius 1 is 0.511 bits per heavy atom. The second-order valence-electron chi connectivity index (χ2n) is 14.4. The van der Waals surface area contributed by atoms with Crippen molar-refractivity contribution in [1.82, 2.24) is 5.32 Å². The summed E-state index contributed by atoms with van der Waals surface area (Å²) in [5, 5.41) is 23.1. The molecule has 4 heteroatoms. The molecule has 0 heterocycles. The number of carbonyl (C=O) groups is 1. The third kappa shape index (κ3) is 36.0. The van der Waals surface area contributed by atoms with Crippen LogP contribution in [0.3, 0.4) is 0 Å². The zero-order chi connectivity index (χ0) is 34.3. The molecule has 2 unspecified atom stereocenters. The van der Waals surface area contributed by atoms with Crippen molar-refractivity contribution in [2.75, 3.05) is 6.61 Å². The molecule has 0 saturated carbocycles. The molecular weight excluding hydrogens is 578 g/mol. The SMILES string of the molecule is CCC/C=C\C/C=C\CCCCCCCC(=O)NC(CO)C(O)CCCCCCCCCCCCCCCCCCCCCCCC. The first-order chi connectivity index (χ1) is 23.2. The molecule has 4 nitrogen and oxygen atoms in total. The van der Waals surface area contributed by atoms with E-state index < -0.39 is 12.1 Å². The Morgan fingerprint density at radius 3 is 1.36 bits per heavy atom. The minimum Gasteiger partial charge on any atom is -0.394 e. The van der Waals surface area contributed by atoms with E-state index in [0.29, 0.717) is 12.8 Å². The first-order valence-corrected chi connectivity index (χ1v) is 21.0. The molecule has 0 aromatic heterocycles. The highest BCUT2D eigenvalue weighted by molar-refractivity contribution is 5.76. The summed E-state index contributed by atoms with van der Waals surface area (Å²) < 4.78 is 0. The highest BCUT2D eigenvalue weighted by Gasteiger charge is 2.19. The number of rotatable bonds is 38. The molecule has 0 radical (unpaired) electrons. The summed E-state index contributed by atoms with van der Waals surface area (Å²) in [7, 11) is 0. The minimum absolute atomic E-state index is 0.0451. The topological polar surface area (TPSA) is 69.6 Å². The van der Waals surface area contributed by atoms with Crippen LogP contribution in [0.15, 0.2) is 24.3 Å². The first kappa shape index (κ1) is 45.9. The van der Waals surface area contributed by atoms with Crippen LogP contribution < -0.4 is 5.32 Å². The highest BCUT2D eigenvalue weighted by Crippen LogP contribution is 2.16. The van der Waals surface area contributed by atoms with Crippen molar-refractivity contribution in [3.8, 4) is 0 Å². The van der Waals surface area contributed by atoms with Crippen molar-refractivity contribution in [2.24, 2.45) is 0 Å². The fourth-order valence-electron chi connectivity index (χ4n) is 6.46. The average Bonchev–Trinajstić information content (AvgIpc) is 3.07. The number of hydrogen-bond donors (Lipinski definition) is 3. The molecular formula is C43H83NO3. The Bertz CT molecular complexity index is 676. The summed E-state index contributed by atoms with van der Waals surface area (Å²) in [4.78, 5) is 12.3. The number of allylic oxidation sites excluding steroid dienone is 4. The molecule has 0 bridgehead atoms. The third-order valence-corrected chi connectivity index (χ3v) is 9.70. The summed E-state index contributed by atoms with van der Waals surface area (Å²) in [6.45, 7) is 4.29. The summed E-state index contributed by atoms with van der Waals surface area (Å²) in [6, 6.07) is -0.541. The van der Waals surface area contributed by atoms with Crippen molar-refractivity contribution in [3.63, 3.8) is 0 Å². The Hall–Kier alpha value is -1.13. The molecule has 2 atom stereocenters. The van der Waals surface area contributed by atoms with Crippen LogP contribution in [0.5, 0.6) is 0 Å². The van der Waals surface area contributed by atoms with Gasteiger partial charge in [-0.1, -0.05) is 205 Å². The molecule has 0 aromatic carbocycles. The molecule has 0 aromatic rings. The van der Waals surface area contributed by atoms with Crippen molar-refractivity contribution in [3.05, 3.63) is 24.3 Å².